The van der Waals surface area contributed by atoms with Crippen LogP contribution in [0.2, 0.25) is 0 Å². The Bertz CT molecular complexity index is 868. The maximum Gasteiger partial charge on any atom is 0.348 e. The predicted octanol–water partition coefficient (Wildman–Crippen LogP) is 4.93. The molecule has 0 amide bonds. The number of anilines is 1. The lowest BCUT2D eigenvalue weighted by Crippen LogP contribution is -2.31. The lowest BCUT2D eigenvalue weighted by Gasteiger charge is -2.28. The summed E-state index contributed by atoms with van der Waals surface area (Å²) in [5.74, 6) is 1.67. The number of hydrogen-bond acceptors (Lipinski definition) is 7. The summed E-state index contributed by atoms with van der Waals surface area (Å²) in [4.78, 5) is 29.1. The van der Waals surface area contributed by atoms with Crippen molar-refractivity contribution in [3.8, 4) is 0 Å². The van der Waals surface area contributed by atoms with Gasteiger partial charge in [0.05, 0.1) is 18.5 Å². The minimum absolute atomic E-state index is 0.241. The van der Waals surface area contributed by atoms with Crippen LogP contribution in [0.15, 0.2) is 0 Å². The zero-order valence-electron chi connectivity index (χ0n) is 18.4. The minimum Gasteiger partial charge on any atom is -0.462 e. The molecule has 0 spiro atoms. The Kier molecular flexibility index (Phi) is 7.20. The number of likely N-dealkylation sites (tertiary alicyclic amines) is 1. The number of rotatable bonds is 5. The number of aryl methyl sites for hydroxylation is 1. The van der Waals surface area contributed by atoms with E-state index in [-0.39, 0.29) is 5.97 Å². The van der Waals surface area contributed by atoms with Crippen LogP contribution in [0.25, 0.3) is 10.2 Å². The molecule has 4 heterocycles. The molecule has 2 aliphatic heterocycles. The van der Waals surface area contributed by atoms with Crippen LogP contribution in [0.1, 0.15) is 79.3 Å². The van der Waals surface area contributed by atoms with Crippen molar-refractivity contribution in [3.05, 3.63) is 16.3 Å². The Hall–Kier alpha value is -1.73. The third kappa shape index (κ3) is 4.78. The number of ether oxygens (including phenoxy) is 1. The van der Waals surface area contributed by atoms with Crippen molar-refractivity contribution in [2.45, 2.75) is 71.8 Å². The average molecular weight is 431 g/mol. The number of esters is 1. The molecule has 0 radical (unpaired) electrons. The summed E-state index contributed by atoms with van der Waals surface area (Å²) in [6.45, 7) is 9.35. The van der Waals surface area contributed by atoms with Gasteiger partial charge in [0.25, 0.3) is 0 Å². The summed E-state index contributed by atoms with van der Waals surface area (Å²) in [7, 11) is 0. The Morgan fingerprint density at radius 2 is 1.60 bits per heavy atom. The third-order valence-corrected chi connectivity index (χ3v) is 7.41. The van der Waals surface area contributed by atoms with E-state index in [9.17, 15) is 4.79 Å². The second-order valence-corrected chi connectivity index (χ2v) is 9.51. The van der Waals surface area contributed by atoms with Crippen LogP contribution in [-0.2, 0) is 11.3 Å². The number of aromatic nitrogens is 2. The zero-order chi connectivity index (χ0) is 20.9. The zero-order valence-corrected chi connectivity index (χ0v) is 19.2. The normalized spacial score (nSPS) is 18.9. The van der Waals surface area contributed by atoms with Crippen LogP contribution in [0, 0.1) is 6.92 Å². The molecule has 0 N–H and O–H groups in total. The summed E-state index contributed by atoms with van der Waals surface area (Å²) in [5, 5.41) is 1.05. The van der Waals surface area contributed by atoms with Gasteiger partial charge in [0, 0.05) is 13.1 Å². The average Bonchev–Trinajstić information content (AvgIpc) is 3.05. The van der Waals surface area contributed by atoms with E-state index in [0.29, 0.717) is 11.5 Å². The van der Waals surface area contributed by atoms with Gasteiger partial charge in [0.1, 0.15) is 21.3 Å². The van der Waals surface area contributed by atoms with Crippen LogP contribution in [0.4, 0.5) is 5.82 Å². The first-order valence-electron chi connectivity index (χ1n) is 11.6. The van der Waals surface area contributed by atoms with Gasteiger partial charge in [-0.25, -0.2) is 14.8 Å². The van der Waals surface area contributed by atoms with Crippen molar-refractivity contribution in [1.82, 2.24) is 14.9 Å². The topological polar surface area (TPSA) is 58.6 Å². The molecule has 164 valence electrons. The number of thiophene rings is 1. The molecule has 2 fully saturated rings. The molecule has 0 atom stereocenters. The highest BCUT2D eigenvalue weighted by molar-refractivity contribution is 7.20. The summed E-state index contributed by atoms with van der Waals surface area (Å²) in [6.07, 6.45) is 10.1. The molecular weight excluding hydrogens is 396 g/mol. The maximum absolute atomic E-state index is 12.5. The molecule has 4 rings (SSSR count). The Morgan fingerprint density at radius 3 is 2.30 bits per heavy atom. The molecule has 7 heteroatoms. The monoisotopic (exact) mass is 430 g/mol. The van der Waals surface area contributed by atoms with Gasteiger partial charge in [-0.2, -0.15) is 0 Å². The number of nitrogens with zero attached hydrogens (tertiary/aromatic N) is 4. The minimum atomic E-state index is -0.241. The second-order valence-electron chi connectivity index (χ2n) is 8.51. The standard InChI is InChI=1S/C23H34N4O2S/c1-3-29-23(28)20-17(2)19-21(27-14-10-5-4-6-11-15-27)24-18(25-22(19)30-20)16-26-12-8-7-9-13-26/h3-16H2,1-2H3. The van der Waals surface area contributed by atoms with Crippen molar-refractivity contribution < 1.29 is 9.53 Å². The van der Waals surface area contributed by atoms with E-state index in [0.717, 1.165) is 60.1 Å². The van der Waals surface area contributed by atoms with Gasteiger partial charge < -0.3 is 9.64 Å². The Labute approximate surface area is 183 Å². The van der Waals surface area contributed by atoms with Gasteiger partial charge in [-0.1, -0.05) is 25.7 Å². The van der Waals surface area contributed by atoms with E-state index < -0.39 is 0 Å². The Balaban J connectivity index is 1.74. The van der Waals surface area contributed by atoms with Gasteiger partial charge in [0.15, 0.2) is 0 Å². The van der Waals surface area contributed by atoms with E-state index in [4.69, 9.17) is 14.7 Å². The smallest absolute Gasteiger partial charge is 0.348 e. The van der Waals surface area contributed by atoms with Gasteiger partial charge >= 0.3 is 5.97 Å². The molecule has 2 saturated heterocycles. The van der Waals surface area contributed by atoms with E-state index in [1.54, 1.807) is 0 Å². The lowest BCUT2D eigenvalue weighted by molar-refractivity contribution is 0.0531. The number of carbonyl (C=O) groups excluding carboxylic acids is 1. The highest BCUT2D eigenvalue weighted by atomic mass is 32.1. The highest BCUT2D eigenvalue weighted by Crippen LogP contribution is 2.36. The molecule has 0 aliphatic carbocycles. The van der Waals surface area contributed by atoms with Crippen molar-refractivity contribution in [2.75, 3.05) is 37.7 Å². The summed E-state index contributed by atoms with van der Waals surface area (Å²) < 4.78 is 5.31. The lowest BCUT2D eigenvalue weighted by atomic mass is 10.1. The molecule has 0 bridgehead atoms. The maximum atomic E-state index is 12.5. The molecule has 6 nitrogen and oxygen atoms in total. The van der Waals surface area contributed by atoms with Crippen molar-refractivity contribution >= 4 is 33.3 Å². The largest absolute Gasteiger partial charge is 0.462 e. The third-order valence-electron chi connectivity index (χ3n) is 6.25. The molecule has 2 aromatic heterocycles. The molecular formula is C23H34N4O2S. The van der Waals surface area contributed by atoms with Crippen molar-refractivity contribution in [2.24, 2.45) is 0 Å². The molecule has 30 heavy (non-hydrogen) atoms. The van der Waals surface area contributed by atoms with Gasteiger partial charge in [-0.05, 0) is 58.2 Å². The van der Waals surface area contributed by atoms with E-state index in [2.05, 4.69) is 9.80 Å². The fraction of sp³-hybridized carbons (Fsp3) is 0.696. The fourth-order valence-corrected chi connectivity index (χ4v) is 5.72. The molecule has 0 unspecified atom stereocenters. The van der Waals surface area contributed by atoms with Crippen LogP contribution in [0.5, 0.6) is 0 Å². The summed E-state index contributed by atoms with van der Waals surface area (Å²) in [6, 6.07) is 0. The summed E-state index contributed by atoms with van der Waals surface area (Å²) in [5.41, 5.74) is 0.968. The van der Waals surface area contributed by atoms with Crippen LogP contribution in [-0.4, -0.2) is 53.6 Å². The molecule has 2 aromatic rings. The number of piperidine rings is 1. The first-order valence-corrected chi connectivity index (χ1v) is 12.4. The molecule has 2 aliphatic rings. The first-order chi connectivity index (χ1) is 14.7. The molecule has 0 saturated carbocycles. The van der Waals surface area contributed by atoms with Gasteiger partial charge in [-0.15, -0.1) is 11.3 Å². The second kappa shape index (κ2) is 10.1. The van der Waals surface area contributed by atoms with E-state index >= 15 is 0 Å². The number of carbonyl (C=O) groups is 1. The van der Waals surface area contributed by atoms with E-state index in [1.807, 2.05) is 13.8 Å². The number of fused-ring (bicyclic) bond motifs is 1. The van der Waals surface area contributed by atoms with Crippen molar-refractivity contribution in [1.29, 1.82) is 0 Å². The van der Waals surface area contributed by atoms with Crippen LogP contribution in [0.3, 0.4) is 0 Å². The molecule has 0 aromatic carbocycles. The number of hydrogen-bond donors (Lipinski definition) is 0. The van der Waals surface area contributed by atoms with Crippen LogP contribution < -0.4 is 4.90 Å². The van der Waals surface area contributed by atoms with Gasteiger partial charge in [-0.3, -0.25) is 4.90 Å². The predicted molar refractivity (Wildman–Crippen MR) is 123 cm³/mol. The highest BCUT2D eigenvalue weighted by Gasteiger charge is 2.25. The first kappa shape index (κ1) is 21.5. The fourth-order valence-electron chi connectivity index (χ4n) is 4.63. The van der Waals surface area contributed by atoms with E-state index in [1.165, 1.54) is 62.7 Å². The van der Waals surface area contributed by atoms with Gasteiger partial charge in [0.2, 0.25) is 0 Å². The Morgan fingerprint density at radius 1 is 0.967 bits per heavy atom. The quantitative estimate of drug-likeness (QED) is 0.627. The SMILES string of the molecule is CCOC(=O)c1sc2nc(CN3CCCCC3)nc(N3CCCCCCC3)c2c1C. The summed E-state index contributed by atoms with van der Waals surface area (Å²) >= 11 is 1.46. The van der Waals surface area contributed by atoms with Crippen molar-refractivity contribution in [3.63, 3.8) is 0 Å². The van der Waals surface area contributed by atoms with Crippen LogP contribution >= 0.6 is 11.3 Å².